The second-order valence-corrected chi connectivity index (χ2v) is 3.37. The van der Waals surface area contributed by atoms with E-state index < -0.39 is 0 Å². The van der Waals surface area contributed by atoms with Crippen LogP contribution in [0.4, 0.5) is 0 Å². The van der Waals surface area contributed by atoms with Crippen molar-refractivity contribution < 1.29 is 0 Å². The third-order valence-corrected chi connectivity index (χ3v) is 2.22. The lowest BCUT2D eigenvalue weighted by molar-refractivity contribution is 0.807. The van der Waals surface area contributed by atoms with Gasteiger partial charge in [0.15, 0.2) is 0 Å². The van der Waals surface area contributed by atoms with Gasteiger partial charge in [0.25, 0.3) is 0 Å². The van der Waals surface area contributed by atoms with Crippen LogP contribution in [-0.4, -0.2) is 0 Å². The van der Waals surface area contributed by atoms with Gasteiger partial charge in [-0.2, -0.15) is 0 Å². The van der Waals surface area contributed by atoms with Crippen LogP contribution in [0.2, 0.25) is 0 Å². The first kappa shape index (κ1) is 8.58. The second kappa shape index (κ2) is 4.38. The highest BCUT2D eigenvalue weighted by atomic mass is 14.2. The van der Waals surface area contributed by atoms with Crippen molar-refractivity contribution in [2.24, 2.45) is 5.92 Å². The summed E-state index contributed by atoms with van der Waals surface area (Å²) in [6.07, 6.45) is 12.1. The molecule has 0 nitrogen and oxygen atoms in total. The summed E-state index contributed by atoms with van der Waals surface area (Å²) in [7, 11) is 0. The highest BCUT2D eigenvalue weighted by molar-refractivity contribution is 5.27. The van der Waals surface area contributed by atoms with E-state index in [0.717, 1.165) is 5.92 Å². The minimum atomic E-state index is 0.827. The van der Waals surface area contributed by atoms with Gasteiger partial charge in [-0.15, -0.1) is 0 Å². The largest absolute Gasteiger partial charge is 0.0885 e. The van der Waals surface area contributed by atoms with Gasteiger partial charge in [-0.3, -0.25) is 0 Å². The number of hydrogen-bond donors (Lipinski definition) is 0. The fourth-order valence-electron chi connectivity index (χ4n) is 1.21. The summed E-state index contributed by atoms with van der Waals surface area (Å²) in [6, 6.07) is 0. The van der Waals surface area contributed by atoms with E-state index in [9.17, 15) is 0 Å². The molecule has 0 saturated heterocycles. The molecule has 0 heterocycles. The Morgan fingerprint density at radius 1 is 1.45 bits per heavy atom. The first-order valence-corrected chi connectivity index (χ1v) is 4.68. The third-order valence-electron chi connectivity index (χ3n) is 2.22. The summed E-state index contributed by atoms with van der Waals surface area (Å²) in [4.78, 5) is 0. The van der Waals surface area contributed by atoms with E-state index in [1.54, 1.807) is 5.57 Å². The zero-order valence-corrected chi connectivity index (χ0v) is 7.64. The zero-order chi connectivity index (χ0) is 8.10. The van der Waals surface area contributed by atoms with Gasteiger partial charge in [0.1, 0.15) is 0 Å². The standard InChI is InChI=1S/C11H18/c1-3-4-5-6-7-8-11-9-10(11)2/h6-7,9,11H,3-5,8H2,1-2H3. The lowest BCUT2D eigenvalue weighted by Crippen LogP contribution is -1.75. The molecule has 0 N–H and O–H groups in total. The smallest absolute Gasteiger partial charge is 0.00115 e. The van der Waals surface area contributed by atoms with E-state index in [0.29, 0.717) is 0 Å². The van der Waals surface area contributed by atoms with Crippen molar-refractivity contribution in [2.45, 2.75) is 39.5 Å². The lowest BCUT2D eigenvalue weighted by Gasteiger charge is -1.90. The Morgan fingerprint density at radius 3 is 2.73 bits per heavy atom. The third kappa shape index (κ3) is 3.41. The maximum absolute atomic E-state index is 2.34. The highest BCUT2D eigenvalue weighted by Crippen LogP contribution is 2.31. The molecule has 0 radical (unpaired) electrons. The summed E-state index contributed by atoms with van der Waals surface area (Å²) < 4.78 is 0. The van der Waals surface area contributed by atoms with Crippen LogP contribution < -0.4 is 0 Å². The molecule has 0 aliphatic heterocycles. The van der Waals surface area contributed by atoms with Crippen molar-refractivity contribution in [3.63, 3.8) is 0 Å². The molecular formula is C11H18. The summed E-state index contributed by atoms with van der Waals surface area (Å²) in [5.74, 6) is 0.827. The van der Waals surface area contributed by atoms with Gasteiger partial charge in [0.05, 0.1) is 0 Å². The Labute approximate surface area is 70.0 Å². The van der Waals surface area contributed by atoms with E-state index in [1.165, 1.54) is 25.7 Å². The number of allylic oxidation sites excluding steroid dienone is 4. The van der Waals surface area contributed by atoms with Crippen molar-refractivity contribution in [2.75, 3.05) is 0 Å². The minimum Gasteiger partial charge on any atom is -0.0885 e. The molecule has 0 fully saturated rings. The first-order valence-electron chi connectivity index (χ1n) is 4.68. The summed E-state index contributed by atoms with van der Waals surface area (Å²) >= 11 is 0. The molecule has 1 rings (SSSR count). The van der Waals surface area contributed by atoms with Crippen LogP contribution in [0.3, 0.4) is 0 Å². The molecule has 1 aliphatic carbocycles. The molecule has 1 atom stereocenters. The van der Waals surface area contributed by atoms with Crippen LogP contribution in [-0.2, 0) is 0 Å². The Kier molecular flexibility index (Phi) is 3.41. The second-order valence-electron chi connectivity index (χ2n) is 3.37. The lowest BCUT2D eigenvalue weighted by atomic mass is 10.2. The SMILES string of the molecule is CCCCC=CCC1C=C1C. The topological polar surface area (TPSA) is 0 Å². The van der Waals surface area contributed by atoms with Crippen LogP contribution in [0.25, 0.3) is 0 Å². The molecule has 0 aromatic rings. The van der Waals surface area contributed by atoms with E-state index in [2.05, 4.69) is 32.1 Å². The number of unbranched alkanes of at least 4 members (excludes halogenated alkanes) is 2. The molecule has 0 amide bonds. The molecule has 0 aromatic heterocycles. The van der Waals surface area contributed by atoms with Crippen LogP contribution in [0.1, 0.15) is 39.5 Å². The van der Waals surface area contributed by atoms with Crippen LogP contribution in [0, 0.1) is 5.92 Å². The Hall–Kier alpha value is -0.520. The Morgan fingerprint density at radius 2 is 2.18 bits per heavy atom. The predicted molar refractivity (Wildman–Crippen MR) is 50.5 cm³/mol. The Bertz CT molecular complexity index is 163. The van der Waals surface area contributed by atoms with Crippen LogP contribution in [0.5, 0.6) is 0 Å². The molecule has 62 valence electrons. The van der Waals surface area contributed by atoms with E-state index >= 15 is 0 Å². The fourth-order valence-corrected chi connectivity index (χ4v) is 1.21. The maximum Gasteiger partial charge on any atom is 0.00115 e. The van der Waals surface area contributed by atoms with Gasteiger partial charge in [0, 0.05) is 5.92 Å². The van der Waals surface area contributed by atoms with Crippen molar-refractivity contribution >= 4 is 0 Å². The van der Waals surface area contributed by atoms with Gasteiger partial charge in [-0.05, 0) is 19.8 Å². The van der Waals surface area contributed by atoms with E-state index in [4.69, 9.17) is 0 Å². The van der Waals surface area contributed by atoms with Crippen LogP contribution >= 0.6 is 0 Å². The average molecular weight is 150 g/mol. The summed E-state index contributed by atoms with van der Waals surface area (Å²) in [5, 5.41) is 0. The van der Waals surface area contributed by atoms with Crippen LogP contribution in [0.15, 0.2) is 23.8 Å². The maximum atomic E-state index is 2.34. The number of rotatable bonds is 5. The summed E-state index contributed by atoms with van der Waals surface area (Å²) in [6.45, 7) is 4.45. The first-order chi connectivity index (χ1) is 5.34. The monoisotopic (exact) mass is 150 g/mol. The van der Waals surface area contributed by atoms with Crippen molar-refractivity contribution in [3.8, 4) is 0 Å². The molecule has 11 heavy (non-hydrogen) atoms. The predicted octanol–water partition coefficient (Wildman–Crippen LogP) is 3.70. The van der Waals surface area contributed by atoms with Gasteiger partial charge >= 0.3 is 0 Å². The quantitative estimate of drug-likeness (QED) is 0.414. The van der Waals surface area contributed by atoms with Gasteiger partial charge in [-0.1, -0.05) is 43.6 Å². The van der Waals surface area contributed by atoms with Gasteiger partial charge in [0.2, 0.25) is 0 Å². The molecule has 0 spiro atoms. The minimum absolute atomic E-state index is 0.827. The molecule has 1 unspecified atom stereocenters. The van der Waals surface area contributed by atoms with Crippen molar-refractivity contribution in [1.82, 2.24) is 0 Å². The fraction of sp³-hybridized carbons (Fsp3) is 0.636. The van der Waals surface area contributed by atoms with Gasteiger partial charge < -0.3 is 0 Å². The summed E-state index contributed by atoms with van der Waals surface area (Å²) in [5.41, 5.74) is 1.57. The Balaban J connectivity index is 1.90. The highest BCUT2D eigenvalue weighted by Gasteiger charge is 2.16. The van der Waals surface area contributed by atoms with Crippen molar-refractivity contribution in [3.05, 3.63) is 23.8 Å². The molecule has 0 heteroatoms. The molecule has 1 aliphatic rings. The number of hydrogen-bond acceptors (Lipinski definition) is 0. The van der Waals surface area contributed by atoms with E-state index in [-0.39, 0.29) is 0 Å². The molecule has 0 bridgehead atoms. The van der Waals surface area contributed by atoms with Gasteiger partial charge in [-0.25, -0.2) is 0 Å². The molecular weight excluding hydrogens is 132 g/mol. The average Bonchev–Trinajstić information content (AvgIpc) is 2.67. The zero-order valence-electron chi connectivity index (χ0n) is 7.64. The molecule has 0 aromatic carbocycles. The normalized spacial score (nSPS) is 22.4. The van der Waals surface area contributed by atoms with Crippen molar-refractivity contribution in [1.29, 1.82) is 0 Å². The van der Waals surface area contributed by atoms with E-state index in [1.807, 2.05) is 0 Å². The molecule has 0 saturated carbocycles.